The van der Waals surface area contributed by atoms with E-state index in [2.05, 4.69) is 61.1 Å². The van der Waals surface area contributed by atoms with Crippen LogP contribution in [0.5, 0.6) is 0 Å². The molecule has 0 spiro atoms. The van der Waals surface area contributed by atoms with Crippen molar-refractivity contribution in [3.05, 3.63) is 69.8 Å². The van der Waals surface area contributed by atoms with Gasteiger partial charge in [0.2, 0.25) is 0 Å². The van der Waals surface area contributed by atoms with Gasteiger partial charge in [-0.15, -0.1) is 0 Å². The highest BCUT2D eigenvalue weighted by Gasteiger charge is 2.16. The average molecular weight is 375 g/mol. The molecule has 1 heterocycles. The number of hydrogen-bond acceptors (Lipinski definition) is 1. The Labute approximate surface area is 159 Å². The van der Waals surface area contributed by atoms with E-state index in [4.69, 9.17) is 23.2 Å². The second kappa shape index (κ2) is 7.41. The van der Waals surface area contributed by atoms with Gasteiger partial charge >= 0.3 is 0 Å². The van der Waals surface area contributed by atoms with E-state index in [1.165, 1.54) is 16.5 Å². The van der Waals surface area contributed by atoms with Gasteiger partial charge in [0.15, 0.2) is 0 Å². The van der Waals surface area contributed by atoms with Crippen molar-refractivity contribution in [3.8, 4) is 0 Å². The summed E-state index contributed by atoms with van der Waals surface area (Å²) in [6.45, 7) is 8.26. The monoisotopic (exact) mass is 374 g/mol. The normalized spacial score (nSPS) is 12.0. The number of rotatable bonds is 6. The lowest BCUT2D eigenvalue weighted by molar-refractivity contribution is 0.375. The van der Waals surface area contributed by atoms with Gasteiger partial charge in [-0.3, -0.25) is 0 Å². The molecule has 0 amide bonds. The second-order valence-corrected chi connectivity index (χ2v) is 7.97. The zero-order valence-corrected chi connectivity index (χ0v) is 16.5. The van der Waals surface area contributed by atoms with E-state index in [0.717, 1.165) is 25.1 Å². The van der Waals surface area contributed by atoms with Crippen molar-refractivity contribution >= 4 is 34.1 Å². The predicted molar refractivity (Wildman–Crippen MR) is 109 cm³/mol. The third-order valence-corrected chi connectivity index (χ3v) is 5.46. The van der Waals surface area contributed by atoms with Crippen LogP contribution in [0.2, 0.25) is 10.0 Å². The topological polar surface area (TPSA) is 17.0 Å². The lowest BCUT2D eigenvalue weighted by atomic mass is 10.0. The summed E-state index contributed by atoms with van der Waals surface area (Å²) in [6, 6.07) is 14.2. The molecule has 0 aliphatic heterocycles. The van der Waals surface area contributed by atoms with Gasteiger partial charge in [0.05, 0.1) is 0 Å². The Morgan fingerprint density at radius 1 is 1.04 bits per heavy atom. The zero-order chi connectivity index (χ0) is 18.0. The minimum absolute atomic E-state index is 0.128. The molecule has 2 aromatic carbocycles. The quantitative estimate of drug-likeness (QED) is 0.537. The van der Waals surface area contributed by atoms with Crippen LogP contribution in [0.15, 0.2) is 48.7 Å². The van der Waals surface area contributed by atoms with Gasteiger partial charge in [-0.2, -0.15) is 0 Å². The van der Waals surface area contributed by atoms with Gasteiger partial charge in [0.1, 0.15) is 0 Å². The Bertz CT molecular complexity index is 881. The first-order chi connectivity index (χ1) is 11.9. The molecule has 1 aromatic heterocycles. The molecule has 1 N–H and O–H groups in total. The number of hydrogen-bond donors (Lipinski definition) is 1. The average Bonchev–Trinajstić information content (AvgIpc) is 2.94. The van der Waals surface area contributed by atoms with Crippen molar-refractivity contribution in [1.82, 2.24) is 9.88 Å². The van der Waals surface area contributed by atoms with Crippen LogP contribution in [0, 0.1) is 0 Å². The highest BCUT2D eigenvalue weighted by atomic mass is 35.5. The number of aromatic nitrogens is 1. The predicted octanol–water partition coefficient (Wildman–Crippen LogP) is 6.27. The summed E-state index contributed by atoms with van der Waals surface area (Å²) in [5.74, 6) is 0. The van der Waals surface area contributed by atoms with Crippen LogP contribution in [-0.2, 0) is 13.1 Å². The molecule has 0 saturated carbocycles. The van der Waals surface area contributed by atoms with Crippen LogP contribution in [0.1, 0.15) is 38.3 Å². The summed E-state index contributed by atoms with van der Waals surface area (Å²) in [7, 11) is 0. The van der Waals surface area contributed by atoms with Crippen LogP contribution in [0.4, 0.5) is 0 Å². The van der Waals surface area contributed by atoms with Crippen molar-refractivity contribution < 1.29 is 0 Å². The maximum atomic E-state index is 6.37. The maximum Gasteiger partial charge on any atom is 0.0491 e. The molecule has 0 radical (unpaired) electrons. The summed E-state index contributed by atoms with van der Waals surface area (Å²) in [6.07, 6.45) is 3.32. The van der Waals surface area contributed by atoms with Crippen molar-refractivity contribution in [1.29, 1.82) is 0 Å². The standard InChI is InChI=1S/C21H24Cl2N2/c1-4-21(2,3)24-12-16-14-25(20-8-6-5-7-18(16)20)13-15-9-10-17(22)11-19(15)23/h5-11,14,24H,4,12-13H2,1-3H3. The van der Waals surface area contributed by atoms with Gasteiger partial charge in [-0.05, 0) is 49.6 Å². The van der Waals surface area contributed by atoms with Crippen LogP contribution < -0.4 is 5.32 Å². The molecule has 25 heavy (non-hydrogen) atoms. The van der Waals surface area contributed by atoms with Crippen molar-refractivity contribution in [3.63, 3.8) is 0 Å². The number of halogens is 2. The Morgan fingerprint density at radius 3 is 2.52 bits per heavy atom. The van der Waals surface area contributed by atoms with Crippen LogP contribution in [0.3, 0.4) is 0 Å². The fourth-order valence-electron chi connectivity index (χ4n) is 2.89. The summed E-state index contributed by atoms with van der Waals surface area (Å²) in [5.41, 5.74) is 3.73. The number of nitrogens with zero attached hydrogens (tertiary/aromatic N) is 1. The molecule has 0 aliphatic rings. The van der Waals surface area contributed by atoms with E-state index < -0.39 is 0 Å². The first-order valence-electron chi connectivity index (χ1n) is 8.65. The molecule has 0 unspecified atom stereocenters. The van der Waals surface area contributed by atoms with Crippen LogP contribution in [-0.4, -0.2) is 10.1 Å². The van der Waals surface area contributed by atoms with E-state index >= 15 is 0 Å². The molecule has 4 heteroatoms. The van der Waals surface area contributed by atoms with Gasteiger partial charge in [-0.1, -0.05) is 54.4 Å². The molecular weight excluding hydrogens is 351 g/mol. The first kappa shape index (κ1) is 18.3. The van der Waals surface area contributed by atoms with Gasteiger partial charge in [-0.25, -0.2) is 0 Å². The van der Waals surface area contributed by atoms with Gasteiger partial charge in [0.25, 0.3) is 0 Å². The van der Waals surface area contributed by atoms with Crippen molar-refractivity contribution in [2.45, 2.75) is 45.8 Å². The molecule has 3 rings (SSSR count). The lowest BCUT2D eigenvalue weighted by Crippen LogP contribution is -2.37. The third-order valence-electron chi connectivity index (χ3n) is 4.87. The van der Waals surface area contributed by atoms with Crippen molar-refractivity contribution in [2.24, 2.45) is 0 Å². The second-order valence-electron chi connectivity index (χ2n) is 7.13. The summed E-state index contributed by atoms with van der Waals surface area (Å²) < 4.78 is 2.26. The third kappa shape index (κ3) is 4.20. The highest BCUT2D eigenvalue weighted by molar-refractivity contribution is 6.35. The van der Waals surface area contributed by atoms with E-state index in [9.17, 15) is 0 Å². The largest absolute Gasteiger partial charge is 0.343 e. The fraction of sp³-hybridized carbons (Fsp3) is 0.333. The highest BCUT2D eigenvalue weighted by Crippen LogP contribution is 2.26. The van der Waals surface area contributed by atoms with E-state index in [1.807, 2.05) is 12.1 Å². The minimum atomic E-state index is 0.128. The lowest BCUT2D eigenvalue weighted by Gasteiger charge is -2.24. The number of para-hydroxylation sites is 1. The van der Waals surface area contributed by atoms with Crippen LogP contribution >= 0.6 is 23.2 Å². The maximum absolute atomic E-state index is 6.37. The molecule has 132 valence electrons. The number of fused-ring (bicyclic) bond motifs is 1. The fourth-order valence-corrected chi connectivity index (χ4v) is 3.36. The first-order valence-corrected chi connectivity index (χ1v) is 9.41. The Balaban J connectivity index is 1.93. The number of benzene rings is 2. The number of nitrogens with one attached hydrogen (secondary N) is 1. The Hall–Kier alpha value is -1.48. The van der Waals surface area contributed by atoms with E-state index in [1.54, 1.807) is 6.07 Å². The van der Waals surface area contributed by atoms with Gasteiger partial charge < -0.3 is 9.88 Å². The molecular formula is C21H24Cl2N2. The molecule has 0 bridgehead atoms. The zero-order valence-electron chi connectivity index (χ0n) is 14.9. The smallest absolute Gasteiger partial charge is 0.0491 e. The van der Waals surface area contributed by atoms with Gasteiger partial charge in [0, 0.05) is 45.8 Å². The van der Waals surface area contributed by atoms with E-state index in [-0.39, 0.29) is 5.54 Å². The van der Waals surface area contributed by atoms with E-state index in [0.29, 0.717) is 10.0 Å². The Kier molecular flexibility index (Phi) is 5.43. The summed E-state index contributed by atoms with van der Waals surface area (Å²) in [5, 5.41) is 6.31. The molecule has 0 fully saturated rings. The Morgan fingerprint density at radius 2 is 1.80 bits per heavy atom. The minimum Gasteiger partial charge on any atom is -0.343 e. The summed E-state index contributed by atoms with van der Waals surface area (Å²) in [4.78, 5) is 0. The van der Waals surface area contributed by atoms with Crippen molar-refractivity contribution in [2.75, 3.05) is 0 Å². The molecule has 3 aromatic rings. The SMILES string of the molecule is CCC(C)(C)NCc1cn(Cc2ccc(Cl)cc2Cl)c2ccccc12. The molecule has 0 aliphatic carbocycles. The van der Waals surface area contributed by atoms with Crippen LogP contribution in [0.25, 0.3) is 10.9 Å². The summed E-state index contributed by atoms with van der Waals surface area (Å²) >= 11 is 12.4. The molecule has 0 saturated heterocycles. The molecule has 0 atom stereocenters. The molecule has 2 nitrogen and oxygen atoms in total.